The third kappa shape index (κ3) is 4.37. The van der Waals surface area contributed by atoms with Gasteiger partial charge in [0.2, 0.25) is 5.79 Å². The number of benzene rings is 2. The first-order chi connectivity index (χ1) is 14.9. The Morgan fingerprint density at radius 1 is 1.06 bits per heavy atom. The molecule has 0 atom stereocenters. The Morgan fingerprint density at radius 2 is 1.74 bits per heavy atom. The Morgan fingerprint density at radius 3 is 2.39 bits per heavy atom. The summed E-state index contributed by atoms with van der Waals surface area (Å²) >= 11 is 0. The molecule has 1 saturated heterocycles. The van der Waals surface area contributed by atoms with Crippen LogP contribution in [0.1, 0.15) is 35.7 Å². The summed E-state index contributed by atoms with van der Waals surface area (Å²) in [4.78, 5) is 27.5. The molecule has 0 radical (unpaired) electrons. The molecule has 7 heteroatoms. The van der Waals surface area contributed by atoms with Gasteiger partial charge in [0.15, 0.2) is 0 Å². The first-order valence-electron chi connectivity index (χ1n) is 10.7. The zero-order valence-corrected chi connectivity index (χ0v) is 18.3. The van der Waals surface area contributed by atoms with Gasteiger partial charge in [-0.3, -0.25) is 4.79 Å². The van der Waals surface area contributed by atoms with Crippen molar-refractivity contribution in [2.45, 2.75) is 32.2 Å². The lowest BCUT2D eigenvalue weighted by molar-refractivity contribution is -0.225. The molecule has 1 spiro atoms. The molecular formula is C24H29N3O4. The first kappa shape index (κ1) is 21.2. The highest BCUT2D eigenvalue weighted by molar-refractivity contribution is 5.94. The molecule has 1 N–H and O–H groups in total. The maximum atomic E-state index is 12.1. The number of likely N-dealkylation sites (tertiary alicyclic amines) is 1. The van der Waals surface area contributed by atoms with E-state index in [0.29, 0.717) is 44.6 Å². The zero-order chi connectivity index (χ0) is 22.0. The lowest BCUT2D eigenvalue weighted by Gasteiger charge is -2.43. The number of ether oxygens (including phenoxy) is 2. The van der Waals surface area contributed by atoms with Gasteiger partial charge in [-0.05, 0) is 42.3 Å². The number of amides is 3. The number of hydrogen-bond acceptors (Lipinski definition) is 4. The number of urea groups is 1. The van der Waals surface area contributed by atoms with Crippen molar-refractivity contribution in [3.05, 3.63) is 53.6 Å². The van der Waals surface area contributed by atoms with E-state index in [4.69, 9.17) is 9.47 Å². The van der Waals surface area contributed by atoms with E-state index >= 15 is 0 Å². The molecule has 0 saturated carbocycles. The van der Waals surface area contributed by atoms with E-state index in [-0.39, 0.29) is 11.9 Å². The molecule has 2 aromatic carbocycles. The van der Waals surface area contributed by atoms with Crippen molar-refractivity contribution < 1.29 is 19.1 Å². The lowest BCUT2D eigenvalue weighted by atomic mass is 9.98. The van der Waals surface area contributed by atoms with Gasteiger partial charge < -0.3 is 24.6 Å². The highest BCUT2D eigenvalue weighted by Gasteiger charge is 2.41. The van der Waals surface area contributed by atoms with Gasteiger partial charge in [0.1, 0.15) is 5.75 Å². The largest absolute Gasteiger partial charge is 0.462 e. The zero-order valence-electron chi connectivity index (χ0n) is 18.3. The van der Waals surface area contributed by atoms with Crippen molar-refractivity contribution in [1.29, 1.82) is 0 Å². The van der Waals surface area contributed by atoms with E-state index in [9.17, 15) is 9.59 Å². The lowest BCUT2D eigenvalue weighted by Crippen LogP contribution is -2.54. The van der Waals surface area contributed by atoms with Crippen molar-refractivity contribution in [1.82, 2.24) is 15.1 Å². The Bertz CT molecular complexity index is 963. The van der Waals surface area contributed by atoms with Gasteiger partial charge in [0, 0.05) is 57.7 Å². The minimum absolute atomic E-state index is 0.0117. The monoisotopic (exact) mass is 423 g/mol. The van der Waals surface area contributed by atoms with Gasteiger partial charge in [-0.2, -0.15) is 0 Å². The maximum absolute atomic E-state index is 12.1. The molecule has 2 heterocycles. The number of nitrogens with zero attached hydrogens (tertiary/aromatic N) is 2. The average Bonchev–Trinajstić information content (AvgIpc) is 2.79. The van der Waals surface area contributed by atoms with E-state index in [1.165, 1.54) is 0 Å². The topological polar surface area (TPSA) is 71.1 Å². The number of carbonyl (C=O) groups is 2. The molecule has 0 unspecified atom stereocenters. The van der Waals surface area contributed by atoms with Crippen LogP contribution in [0.4, 0.5) is 4.79 Å². The predicted octanol–water partition coefficient (Wildman–Crippen LogP) is 3.49. The minimum atomic E-state index is -0.661. The Kier molecular flexibility index (Phi) is 5.87. The molecule has 3 amide bonds. The van der Waals surface area contributed by atoms with Crippen LogP contribution in [0, 0.1) is 0 Å². The van der Waals surface area contributed by atoms with E-state index in [1.807, 2.05) is 48.2 Å². The normalized spacial score (nSPS) is 16.9. The SMILES string of the molecule is CCNC(=O)N1CCC2(CC1)OCc1cc(-c3ccc(C(=O)N(C)C)cc3)ccc1O2. The van der Waals surface area contributed by atoms with Gasteiger partial charge in [-0.15, -0.1) is 0 Å². The second-order valence-corrected chi connectivity index (χ2v) is 8.22. The molecule has 7 nitrogen and oxygen atoms in total. The second kappa shape index (κ2) is 8.59. The Labute approximate surface area is 182 Å². The number of rotatable bonds is 3. The molecule has 164 valence electrons. The number of carbonyl (C=O) groups excluding carboxylic acids is 2. The predicted molar refractivity (Wildman–Crippen MR) is 118 cm³/mol. The summed E-state index contributed by atoms with van der Waals surface area (Å²) in [6.07, 6.45) is 1.29. The molecular weight excluding hydrogens is 394 g/mol. The smallest absolute Gasteiger partial charge is 0.317 e. The van der Waals surface area contributed by atoms with Crippen molar-refractivity contribution in [2.75, 3.05) is 33.7 Å². The van der Waals surface area contributed by atoms with Gasteiger partial charge in [0.05, 0.1) is 6.61 Å². The molecule has 2 aliphatic heterocycles. The average molecular weight is 424 g/mol. The highest BCUT2D eigenvalue weighted by atomic mass is 16.7. The molecule has 1 fully saturated rings. The van der Waals surface area contributed by atoms with Crippen LogP contribution in [0.25, 0.3) is 11.1 Å². The third-order valence-corrected chi connectivity index (χ3v) is 5.86. The van der Waals surface area contributed by atoms with Crippen LogP contribution in [-0.4, -0.2) is 61.3 Å². The van der Waals surface area contributed by atoms with Crippen LogP contribution in [0.15, 0.2) is 42.5 Å². The number of hydrogen-bond donors (Lipinski definition) is 1. The van der Waals surface area contributed by atoms with Crippen LogP contribution < -0.4 is 10.1 Å². The molecule has 0 aliphatic carbocycles. The molecule has 2 aromatic rings. The van der Waals surface area contributed by atoms with Crippen LogP contribution in [-0.2, 0) is 11.3 Å². The summed E-state index contributed by atoms with van der Waals surface area (Å²) in [6.45, 7) is 4.23. The Balaban J connectivity index is 1.45. The molecule has 2 aliphatic rings. The van der Waals surface area contributed by atoms with E-state index < -0.39 is 5.79 Å². The van der Waals surface area contributed by atoms with E-state index in [0.717, 1.165) is 22.4 Å². The highest BCUT2D eigenvalue weighted by Crippen LogP contribution is 2.39. The molecule has 4 rings (SSSR count). The van der Waals surface area contributed by atoms with Crippen LogP contribution in [0.5, 0.6) is 5.75 Å². The van der Waals surface area contributed by atoms with Crippen molar-refractivity contribution in [3.8, 4) is 16.9 Å². The number of piperidine rings is 1. The second-order valence-electron chi connectivity index (χ2n) is 8.22. The van der Waals surface area contributed by atoms with Crippen molar-refractivity contribution >= 4 is 11.9 Å². The number of nitrogens with one attached hydrogen (secondary N) is 1. The Hall–Kier alpha value is -3.06. The van der Waals surface area contributed by atoms with Gasteiger partial charge in [0.25, 0.3) is 5.91 Å². The van der Waals surface area contributed by atoms with Gasteiger partial charge in [-0.25, -0.2) is 4.79 Å². The summed E-state index contributed by atoms with van der Waals surface area (Å²) in [5.41, 5.74) is 3.76. The quantitative estimate of drug-likeness (QED) is 0.821. The standard InChI is InChI=1S/C24H29N3O4/c1-4-25-23(29)27-13-11-24(12-14-27)30-16-20-15-19(9-10-21(20)31-24)17-5-7-18(8-6-17)22(28)26(2)3/h5-10,15H,4,11-14,16H2,1-3H3,(H,25,29). The van der Waals surface area contributed by atoms with Crippen LogP contribution >= 0.6 is 0 Å². The fourth-order valence-electron chi connectivity index (χ4n) is 4.03. The van der Waals surface area contributed by atoms with Crippen LogP contribution in [0.2, 0.25) is 0 Å². The molecule has 0 bridgehead atoms. The summed E-state index contributed by atoms with van der Waals surface area (Å²) in [6, 6.07) is 13.7. The summed E-state index contributed by atoms with van der Waals surface area (Å²) < 4.78 is 12.4. The first-order valence-corrected chi connectivity index (χ1v) is 10.7. The third-order valence-electron chi connectivity index (χ3n) is 5.86. The van der Waals surface area contributed by atoms with Gasteiger partial charge in [-0.1, -0.05) is 18.2 Å². The number of fused-ring (bicyclic) bond motifs is 1. The maximum Gasteiger partial charge on any atom is 0.317 e. The fraction of sp³-hybridized carbons (Fsp3) is 0.417. The van der Waals surface area contributed by atoms with E-state index in [1.54, 1.807) is 19.0 Å². The van der Waals surface area contributed by atoms with E-state index in [2.05, 4.69) is 11.4 Å². The van der Waals surface area contributed by atoms with Crippen molar-refractivity contribution in [2.24, 2.45) is 0 Å². The summed E-state index contributed by atoms with van der Waals surface area (Å²) in [5, 5.41) is 2.84. The van der Waals surface area contributed by atoms with Crippen molar-refractivity contribution in [3.63, 3.8) is 0 Å². The summed E-state index contributed by atoms with van der Waals surface area (Å²) in [5.74, 6) is 0.161. The minimum Gasteiger partial charge on any atom is -0.462 e. The van der Waals surface area contributed by atoms with Crippen LogP contribution in [0.3, 0.4) is 0 Å². The van der Waals surface area contributed by atoms with Gasteiger partial charge >= 0.3 is 6.03 Å². The molecule has 0 aromatic heterocycles. The summed E-state index contributed by atoms with van der Waals surface area (Å²) in [7, 11) is 3.49. The fourth-order valence-corrected chi connectivity index (χ4v) is 4.03. The molecule has 31 heavy (non-hydrogen) atoms.